The van der Waals surface area contributed by atoms with Gasteiger partial charge in [-0.3, -0.25) is 10.1 Å². The quantitative estimate of drug-likeness (QED) is 0.294. The van der Waals surface area contributed by atoms with Gasteiger partial charge < -0.3 is 23.7 Å². The standard InChI is InChI=1S/C23H26N8O5/c1-16-14-17(2-4-19(16)31(32)33)20-5-3-18(36-20)15-24-28-21-25-22(29-6-10-34-11-7-29)27-23(26-21)30-8-12-35-13-9-30/h2-5,14-15H,6-13H2,1H3,(H,25,26,27,28)/b24-15-. The number of hydrogen-bond donors (Lipinski definition) is 1. The van der Waals surface area contributed by atoms with Gasteiger partial charge in [-0.2, -0.15) is 20.1 Å². The molecule has 13 heteroatoms. The van der Waals surface area contributed by atoms with Crippen LogP contribution in [0.1, 0.15) is 11.3 Å². The highest BCUT2D eigenvalue weighted by atomic mass is 16.6. The lowest BCUT2D eigenvalue weighted by Crippen LogP contribution is -2.40. The number of hydrogen-bond acceptors (Lipinski definition) is 12. The fourth-order valence-electron chi connectivity index (χ4n) is 3.96. The zero-order valence-electron chi connectivity index (χ0n) is 19.8. The summed E-state index contributed by atoms with van der Waals surface area (Å²) in [6, 6.07) is 8.41. The van der Waals surface area contributed by atoms with Crippen LogP contribution in [0.5, 0.6) is 0 Å². The Morgan fingerprint density at radius 1 is 0.972 bits per heavy atom. The normalized spacial score (nSPS) is 16.5. The molecular formula is C23H26N8O5. The van der Waals surface area contributed by atoms with E-state index in [1.165, 1.54) is 12.3 Å². The Labute approximate surface area is 206 Å². The van der Waals surface area contributed by atoms with E-state index >= 15 is 0 Å². The minimum absolute atomic E-state index is 0.0709. The SMILES string of the molecule is Cc1cc(-c2ccc(/C=N\Nc3nc(N4CCOCC4)nc(N4CCOCC4)n3)o2)ccc1[N+](=O)[O-]. The molecule has 1 N–H and O–H groups in total. The van der Waals surface area contributed by atoms with Crippen molar-refractivity contribution in [3.63, 3.8) is 0 Å². The van der Waals surface area contributed by atoms with Gasteiger partial charge in [-0.1, -0.05) is 0 Å². The van der Waals surface area contributed by atoms with E-state index < -0.39 is 4.92 Å². The second-order valence-corrected chi connectivity index (χ2v) is 8.29. The molecule has 4 heterocycles. The van der Waals surface area contributed by atoms with Crippen LogP contribution in [0.15, 0.2) is 39.9 Å². The summed E-state index contributed by atoms with van der Waals surface area (Å²) >= 11 is 0. The average molecular weight is 495 g/mol. The fraction of sp³-hybridized carbons (Fsp3) is 0.391. The van der Waals surface area contributed by atoms with E-state index in [0.717, 1.165) is 5.56 Å². The van der Waals surface area contributed by atoms with E-state index in [1.54, 1.807) is 31.2 Å². The highest BCUT2D eigenvalue weighted by Gasteiger charge is 2.20. The van der Waals surface area contributed by atoms with Gasteiger partial charge in [0.25, 0.3) is 5.69 Å². The molecule has 0 amide bonds. The highest BCUT2D eigenvalue weighted by Crippen LogP contribution is 2.27. The lowest BCUT2D eigenvalue weighted by molar-refractivity contribution is -0.385. The number of benzene rings is 1. The molecule has 188 valence electrons. The van der Waals surface area contributed by atoms with Gasteiger partial charge in [-0.05, 0) is 31.2 Å². The number of nitrogens with one attached hydrogen (secondary N) is 1. The van der Waals surface area contributed by atoms with Gasteiger partial charge in [0.2, 0.25) is 17.8 Å². The third-order valence-corrected chi connectivity index (χ3v) is 5.86. The number of rotatable bonds is 7. The summed E-state index contributed by atoms with van der Waals surface area (Å²) in [7, 11) is 0. The Balaban J connectivity index is 1.32. The largest absolute Gasteiger partial charge is 0.455 e. The van der Waals surface area contributed by atoms with Crippen molar-refractivity contribution in [2.45, 2.75) is 6.92 Å². The summed E-state index contributed by atoms with van der Waals surface area (Å²) in [5.74, 6) is 2.55. The molecule has 1 aromatic carbocycles. The molecule has 36 heavy (non-hydrogen) atoms. The van der Waals surface area contributed by atoms with Gasteiger partial charge >= 0.3 is 0 Å². The number of anilines is 3. The Morgan fingerprint density at radius 2 is 1.61 bits per heavy atom. The smallest absolute Gasteiger partial charge is 0.272 e. The first-order valence-corrected chi connectivity index (χ1v) is 11.6. The Kier molecular flexibility index (Phi) is 7.00. The van der Waals surface area contributed by atoms with Gasteiger partial charge in [0.15, 0.2) is 0 Å². The first kappa shape index (κ1) is 23.6. The van der Waals surface area contributed by atoms with Gasteiger partial charge in [0.05, 0.1) is 37.6 Å². The Morgan fingerprint density at radius 3 is 2.19 bits per heavy atom. The Hall–Kier alpha value is -4.10. The van der Waals surface area contributed by atoms with Crippen LogP contribution in [-0.2, 0) is 9.47 Å². The number of ether oxygens (including phenoxy) is 2. The number of nitrogens with zero attached hydrogens (tertiary/aromatic N) is 7. The topological polar surface area (TPSA) is 144 Å². The predicted molar refractivity (Wildman–Crippen MR) is 133 cm³/mol. The van der Waals surface area contributed by atoms with Crippen molar-refractivity contribution in [2.24, 2.45) is 5.10 Å². The molecule has 0 unspecified atom stereocenters. The second-order valence-electron chi connectivity index (χ2n) is 8.29. The first-order valence-electron chi connectivity index (χ1n) is 11.6. The lowest BCUT2D eigenvalue weighted by atomic mass is 10.1. The summed E-state index contributed by atoms with van der Waals surface area (Å²) in [4.78, 5) is 28.6. The molecule has 2 fully saturated rings. The molecular weight excluding hydrogens is 468 g/mol. The van der Waals surface area contributed by atoms with Gasteiger partial charge in [-0.15, -0.1) is 0 Å². The average Bonchev–Trinajstić information content (AvgIpc) is 3.38. The summed E-state index contributed by atoms with van der Waals surface area (Å²) in [5, 5.41) is 15.3. The van der Waals surface area contributed by atoms with E-state index in [-0.39, 0.29) is 5.69 Å². The molecule has 0 bridgehead atoms. The van der Waals surface area contributed by atoms with Crippen molar-refractivity contribution in [1.82, 2.24) is 15.0 Å². The second kappa shape index (κ2) is 10.7. The van der Waals surface area contributed by atoms with Crippen LogP contribution in [0.2, 0.25) is 0 Å². The molecule has 0 radical (unpaired) electrons. The zero-order valence-corrected chi connectivity index (χ0v) is 19.8. The number of aryl methyl sites for hydroxylation is 1. The van der Waals surface area contributed by atoms with Crippen molar-refractivity contribution in [1.29, 1.82) is 0 Å². The van der Waals surface area contributed by atoms with Crippen LogP contribution in [0.4, 0.5) is 23.5 Å². The number of furan rings is 1. The minimum Gasteiger partial charge on any atom is -0.455 e. The van der Waals surface area contributed by atoms with E-state index in [4.69, 9.17) is 13.9 Å². The molecule has 2 aliphatic heterocycles. The number of aromatic nitrogens is 3. The Bertz CT molecular complexity index is 1210. The summed E-state index contributed by atoms with van der Waals surface area (Å²) in [6.07, 6.45) is 1.52. The molecule has 13 nitrogen and oxygen atoms in total. The molecule has 0 aliphatic carbocycles. The number of nitro benzene ring substituents is 1. The molecule has 0 saturated carbocycles. The minimum atomic E-state index is -0.402. The van der Waals surface area contributed by atoms with Crippen molar-refractivity contribution < 1.29 is 18.8 Å². The summed E-state index contributed by atoms with van der Waals surface area (Å²) < 4.78 is 16.7. The van der Waals surface area contributed by atoms with Crippen LogP contribution in [-0.4, -0.2) is 78.7 Å². The molecule has 0 spiro atoms. The van der Waals surface area contributed by atoms with E-state index in [9.17, 15) is 10.1 Å². The van der Waals surface area contributed by atoms with E-state index in [2.05, 4.69) is 35.3 Å². The zero-order chi connectivity index (χ0) is 24.9. The van der Waals surface area contributed by atoms with Gasteiger partial charge in [0, 0.05) is 43.4 Å². The molecule has 2 aromatic heterocycles. The summed E-state index contributed by atoms with van der Waals surface area (Å²) in [5.41, 5.74) is 4.26. The summed E-state index contributed by atoms with van der Waals surface area (Å²) in [6.45, 7) is 6.98. The van der Waals surface area contributed by atoms with Gasteiger partial charge in [0.1, 0.15) is 11.5 Å². The molecule has 3 aromatic rings. The van der Waals surface area contributed by atoms with Crippen molar-refractivity contribution in [3.05, 3.63) is 51.8 Å². The van der Waals surface area contributed by atoms with Gasteiger partial charge in [-0.25, -0.2) is 5.43 Å². The third kappa shape index (κ3) is 5.42. The van der Waals surface area contributed by atoms with Crippen LogP contribution in [0.25, 0.3) is 11.3 Å². The van der Waals surface area contributed by atoms with E-state index in [0.29, 0.717) is 87.5 Å². The molecule has 0 atom stereocenters. The predicted octanol–water partition coefficient (Wildman–Crippen LogP) is 2.47. The molecule has 2 saturated heterocycles. The molecule has 2 aliphatic rings. The van der Waals surface area contributed by atoms with Crippen molar-refractivity contribution >= 4 is 29.7 Å². The first-order chi connectivity index (χ1) is 17.6. The fourth-order valence-corrected chi connectivity index (χ4v) is 3.96. The highest BCUT2D eigenvalue weighted by molar-refractivity contribution is 5.78. The number of morpholine rings is 2. The monoisotopic (exact) mass is 494 g/mol. The van der Waals surface area contributed by atoms with Crippen LogP contribution in [0.3, 0.4) is 0 Å². The maximum atomic E-state index is 11.1. The number of hydrazone groups is 1. The van der Waals surface area contributed by atoms with Crippen LogP contribution >= 0.6 is 0 Å². The third-order valence-electron chi connectivity index (χ3n) is 5.86. The maximum absolute atomic E-state index is 11.1. The van der Waals surface area contributed by atoms with Crippen LogP contribution < -0.4 is 15.2 Å². The number of nitro groups is 1. The molecule has 5 rings (SSSR count). The van der Waals surface area contributed by atoms with Crippen molar-refractivity contribution in [3.8, 4) is 11.3 Å². The van der Waals surface area contributed by atoms with Crippen LogP contribution in [0, 0.1) is 17.0 Å². The maximum Gasteiger partial charge on any atom is 0.272 e. The van der Waals surface area contributed by atoms with Crippen molar-refractivity contribution in [2.75, 3.05) is 67.8 Å². The van der Waals surface area contributed by atoms with E-state index in [1.807, 2.05) is 0 Å². The lowest BCUT2D eigenvalue weighted by Gasteiger charge is -2.30.